The van der Waals surface area contributed by atoms with Crippen LogP contribution in [0.5, 0.6) is 0 Å². The summed E-state index contributed by atoms with van der Waals surface area (Å²) in [5, 5.41) is 1.85. The molecule has 17 heavy (non-hydrogen) atoms. The zero-order valence-corrected chi connectivity index (χ0v) is 11.0. The highest BCUT2D eigenvalue weighted by Gasteiger charge is 2.38. The largest absolute Gasteiger partial charge is 0.471 e. The molecule has 0 heterocycles. The third kappa shape index (κ3) is 4.93. The Morgan fingerprint density at radius 3 is 2.53 bits per heavy atom. The van der Waals surface area contributed by atoms with Crippen molar-refractivity contribution in [2.24, 2.45) is 0 Å². The first kappa shape index (κ1) is 14.3. The van der Waals surface area contributed by atoms with E-state index >= 15 is 0 Å². The van der Waals surface area contributed by atoms with Gasteiger partial charge in [0, 0.05) is 10.1 Å². The fraction of sp³-hybridized carbons (Fsp3) is 0.364. The maximum atomic E-state index is 11.9. The molecule has 1 aromatic rings. The van der Waals surface area contributed by atoms with Gasteiger partial charge in [0.15, 0.2) is 0 Å². The number of benzene rings is 1. The summed E-state index contributed by atoms with van der Waals surface area (Å²) in [6, 6.07) is 7.64. The Hall–Kier alpha value is -0.790. The van der Waals surface area contributed by atoms with E-state index < -0.39 is 12.1 Å². The molecule has 0 unspecified atom stereocenters. The molecule has 0 aliphatic carbocycles. The maximum absolute atomic E-state index is 11.9. The fourth-order valence-electron chi connectivity index (χ4n) is 1.28. The van der Waals surface area contributed by atoms with Crippen molar-refractivity contribution in [2.45, 2.75) is 19.0 Å². The molecule has 94 valence electrons. The summed E-state index contributed by atoms with van der Waals surface area (Å²) in [6.45, 7) is 0.0311. The second kappa shape index (κ2) is 6.23. The van der Waals surface area contributed by atoms with Crippen LogP contribution in [-0.4, -0.2) is 18.6 Å². The number of carbonyl (C=O) groups is 1. The molecule has 1 rings (SSSR count). The molecule has 6 heteroatoms. The number of carbonyl (C=O) groups excluding carboxylic acids is 1. The molecular formula is C11H11F3INO. The Balaban J connectivity index is 2.30. The van der Waals surface area contributed by atoms with Gasteiger partial charge in [0.05, 0.1) is 0 Å². The zero-order valence-electron chi connectivity index (χ0n) is 8.85. The van der Waals surface area contributed by atoms with Crippen molar-refractivity contribution in [3.05, 3.63) is 33.4 Å². The van der Waals surface area contributed by atoms with Gasteiger partial charge >= 0.3 is 12.1 Å². The van der Waals surface area contributed by atoms with E-state index in [1.807, 2.05) is 29.6 Å². The van der Waals surface area contributed by atoms with Crippen LogP contribution in [-0.2, 0) is 11.2 Å². The number of amides is 1. The molecule has 2 nitrogen and oxygen atoms in total. The van der Waals surface area contributed by atoms with E-state index in [0.717, 1.165) is 9.13 Å². The molecular weight excluding hydrogens is 346 g/mol. The smallest absolute Gasteiger partial charge is 0.348 e. The molecule has 0 fully saturated rings. The van der Waals surface area contributed by atoms with E-state index in [-0.39, 0.29) is 6.54 Å². The van der Waals surface area contributed by atoms with Crippen molar-refractivity contribution < 1.29 is 18.0 Å². The van der Waals surface area contributed by atoms with Crippen molar-refractivity contribution >= 4 is 28.5 Å². The lowest BCUT2D eigenvalue weighted by molar-refractivity contribution is -0.173. The normalized spacial score (nSPS) is 11.3. The highest BCUT2D eigenvalue weighted by atomic mass is 127. The SMILES string of the molecule is O=C(NCCCc1ccccc1I)C(F)(F)F. The number of hydrogen-bond donors (Lipinski definition) is 1. The van der Waals surface area contributed by atoms with Crippen LogP contribution in [0.3, 0.4) is 0 Å². The topological polar surface area (TPSA) is 29.1 Å². The predicted octanol–water partition coefficient (Wildman–Crippen LogP) is 2.90. The summed E-state index contributed by atoms with van der Waals surface area (Å²) >= 11 is 2.17. The Bertz CT molecular complexity index is 393. The lowest BCUT2D eigenvalue weighted by Crippen LogP contribution is -2.37. The van der Waals surface area contributed by atoms with E-state index in [1.165, 1.54) is 0 Å². The first-order chi connectivity index (χ1) is 7.91. The van der Waals surface area contributed by atoms with E-state index in [2.05, 4.69) is 22.6 Å². The van der Waals surface area contributed by atoms with Crippen LogP contribution >= 0.6 is 22.6 Å². The van der Waals surface area contributed by atoms with Crippen molar-refractivity contribution in [3.8, 4) is 0 Å². The van der Waals surface area contributed by atoms with Gasteiger partial charge in [-0.3, -0.25) is 4.79 Å². The molecule has 1 N–H and O–H groups in total. The Kier molecular flexibility index (Phi) is 5.23. The summed E-state index contributed by atoms with van der Waals surface area (Å²) < 4.78 is 36.6. The van der Waals surface area contributed by atoms with Crippen LogP contribution in [0.4, 0.5) is 13.2 Å². The number of halogens is 4. The monoisotopic (exact) mass is 357 g/mol. The molecule has 0 radical (unpaired) electrons. The van der Waals surface area contributed by atoms with Gasteiger partial charge in [0.1, 0.15) is 0 Å². The molecule has 0 aromatic heterocycles. The number of aryl methyl sites for hydroxylation is 1. The van der Waals surface area contributed by atoms with Crippen LogP contribution in [0.2, 0.25) is 0 Å². The molecule has 0 atom stereocenters. The number of hydrogen-bond acceptors (Lipinski definition) is 1. The third-order valence-electron chi connectivity index (χ3n) is 2.12. The minimum absolute atomic E-state index is 0.0311. The van der Waals surface area contributed by atoms with Crippen LogP contribution in [0, 0.1) is 3.57 Å². The number of rotatable bonds is 4. The van der Waals surface area contributed by atoms with Gasteiger partial charge in [-0.15, -0.1) is 0 Å². The fourth-order valence-corrected chi connectivity index (χ4v) is 1.94. The van der Waals surface area contributed by atoms with E-state index in [4.69, 9.17) is 0 Å². The summed E-state index contributed by atoms with van der Waals surface area (Å²) in [5.41, 5.74) is 1.08. The number of nitrogens with one attached hydrogen (secondary N) is 1. The van der Waals surface area contributed by atoms with Crippen molar-refractivity contribution in [1.29, 1.82) is 0 Å². The van der Waals surface area contributed by atoms with Crippen LogP contribution in [0.15, 0.2) is 24.3 Å². The molecule has 0 aliphatic heterocycles. The molecule has 0 saturated carbocycles. The van der Waals surface area contributed by atoms with Crippen molar-refractivity contribution in [2.75, 3.05) is 6.54 Å². The Labute approximate surface area is 111 Å². The second-order valence-corrected chi connectivity index (χ2v) is 4.61. The van der Waals surface area contributed by atoms with E-state index in [0.29, 0.717) is 12.8 Å². The summed E-state index contributed by atoms with van der Waals surface area (Å²) in [5.74, 6) is -1.87. The van der Waals surface area contributed by atoms with E-state index in [1.54, 1.807) is 0 Å². The van der Waals surface area contributed by atoms with Crippen molar-refractivity contribution in [1.82, 2.24) is 5.32 Å². The average molecular weight is 357 g/mol. The first-order valence-electron chi connectivity index (χ1n) is 4.99. The van der Waals surface area contributed by atoms with Gasteiger partial charge in [0.25, 0.3) is 0 Å². The van der Waals surface area contributed by atoms with Gasteiger partial charge in [0.2, 0.25) is 0 Å². The minimum atomic E-state index is -4.79. The first-order valence-corrected chi connectivity index (χ1v) is 6.07. The van der Waals surface area contributed by atoms with Gasteiger partial charge in [-0.25, -0.2) is 0 Å². The summed E-state index contributed by atoms with van der Waals surface area (Å²) in [4.78, 5) is 10.5. The van der Waals surface area contributed by atoms with Crippen LogP contribution in [0.1, 0.15) is 12.0 Å². The third-order valence-corrected chi connectivity index (χ3v) is 3.18. The molecule has 1 amide bonds. The lowest BCUT2D eigenvalue weighted by Gasteiger charge is -2.08. The standard InChI is InChI=1S/C11H11F3INO/c12-11(13,14)10(17)16-7-3-5-8-4-1-2-6-9(8)15/h1-2,4,6H,3,5,7H2,(H,16,17). The molecule has 0 spiro atoms. The quantitative estimate of drug-likeness (QED) is 0.652. The predicted molar refractivity (Wildman–Crippen MR) is 66.5 cm³/mol. The Morgan fingerprint density at radius 2 is 1.94 bits per heavy atom. The molecule has 1 aromatic carbocycles. The minimum Gasteiger partial charge on any atom is -0.348 e. The molecule has 0 aliphatic rings. The second-order valence-electron chi connectivity index (χ2n) is 3.45. The van der Waals surface area contributed by atoms with Crippen molar-refractivity contribution in [3.63, 3.8) is 0 Å². The van der Waals surface area contributed by atoms with Crippen LogP contribution in [0.25, 0.3) is 0 Å². The molecule has 0 bridgehead atoms. The lowest BCUT2D eigenvalue weighted by atomic mass is 10.1. The van der Waals surface area contributed by atoms with Gasteiger partial charge in [-0.1, -0.05) is 18.2 Å². The average Bonchev–Trinajstić information content (AvgIpc) is 2.25. The van der Waals surface area contributed by atoms with Gasteiger partial charge in [-0.05, 0) is 47.1 Å². The summed E-state index contributed by atoms with van der Waals surface area (Å²) in [7, 11) is 0. The zero-order chi connectivity index (χ0) is 12.9. The highest BCUT2D eigenvalue weighted by Crippen LogP contribution is 2.15. The highest BCUT2D eigenvalue weighted by molar-refractivity contribution is 14.1. The van der Waals surface area contributed by atoms with E-state index in [9.17, 15) is 18.0 Å². The van der Waals surface area contributed by atoms with Gasteiger partial charge < -0.3 is 5.32 Å². The summed E-state index contributed by atoms with van der Waals surface area (Å²) in [6.07, 6.45) is -3.65. The molecule has 0 saturated heterocycles. The Morgan fingerprint density at radius 1 is 1.29 bits per heavy atom. The number of alkyl halides is 3. The maximum Gasteiger partial charge on any atom is 0.471 e. The van der Waals surface area contributed by atoms with Crippen LogP contribution < -0.4 is 5.32 Å². The van der Waals surface area contributed by atoms with Gasteiger partial charge in [-0.2, -0.15) is 13.2 Å².